The van der Waals surface area contributed by atoms with Crippen LogP contribution in [0.5, 0.6) is 5.75 Å². The second-order valence-corrected chi connectivity index (χ2v) is 10.1. The van der Waals surface area contributed by atoms with Gasteiger partial charge in [0.2, 0.25) is 0 Å². The largest absolute Gasteiger partial charge is 0.507 e. The van der Waals surface area contributed by atoms with Crippen molar-refractivity contribution in [3.05, 3.63) is 71.8 Å². The maximum atomic E-state index is 12.4. The summed E-state index contributed by atoms with van der Waals surface area (Å²) >= 11 is 1.31. The van der Waals surface area contributed by atoms with Gasteiger partial charge in [-0.25, -0.2) is 5.43 Å². The van der Waals surface area contributed by atoms with Gasteiger partial charge in [-0.3, -0.25) is 4.79 Å². The smallest absolute Gasteiger partial charge is 0.250 e. The van der Waals surface area contributed by atoms with E-state index in [1.54, 1.807) is 6.07 Å². The fourth-order valence-corrected chi connectivity index (χ4v) is 4.56. The van der Waals surface area contributed by atoms with Crippen LogP contribution >= 0.6 is 11.8 Å². The number of rotatable bonds is 7. The summed E-state index contributed by atoms with van der Waals surface area (Å²) in [5.41, 5.74) is 5.42. The standard InChI is InChI=1S/C27H29N5O2S/c1-5-32-25(19-10-13-20(14-11-19)27(2,3)4)30-31-26(32)35-17-24(34)29-28-16-22-21-9-7-6-8-18(21)12-15-23(22)33/h6-16,33H,5,17H2,1-4H3,(H,29,34)/b28-16+. The van der Waals surface area contributed by atoms with Gasteiger partial charge < -0.3 is 9.67 Å². The quantitative estimate of drug-likeness (QED) is 0.208. The van der Waals surface area contributed by atoms with E-state index in [1.165, 1.54) is 23.5 Å². The van der Waals surface area contributed by atoms with Gasteiger partial charge in [-0.2, -0.15) is 5.10 Å². The average Bonchev–Trinajstić information content (AvgIpc) is 3.26. The molecule has 0 saturated carbocycles. The molecule has 2 N–H and O–H groups in total. The lowest BCUT2D eigenvalue weighted by Crippen LogP contribution is -2.20. The zero-order valence-electron chi connectivity index (χ0n) is 20.3. The van der Waals surface area contributed by atoms with Gasteiger partial charge >= 0.3 is 0 Å². The van der Waals surface area contributed by atoms with Crippen LogP contribution in [0.25, 0.3) is 22.2 Å². The number of nitrogens with zero attached hydrogens (tertiary/aromatic N) is 4. The topological polar surface area (TPSA) is 92.4 Å². The summed E-state index contributed by atoms with van der Waals surface area (Å²) in [7, 11) is 0. The first kappa shape index (κ1) is 24.5. The number of carbonyl (C=O) groups is 1. The Hall–Kier alpha value is -3.65. The summed E-state index contributed by atoms with van der Waals surface area (Å²) in [5.74, 6) is 0.753. The number of hydrogen-bond donors (Lipinski definition) is 2. The Labute approximate surface area is 209 Å². The van der Waals surface area contributed by atoms with Crippen LogP contribution in [0.15, 0.2) is 70.9 Å². The molecule has 0 aliphatic heterocycles. The van der Waals surface area contributed by atoms with Gasteiger partial charge in [0.05, 0.1) is 12.0 Å². The number of aromatic nitrogens is 3. The number of phenols is 1. The van der Waals surface area contributed by atoms with Gasteiger partial charge in [0.15, 0.2) is 11.0 Å². The zero-order valence-corrected chi connectivity index (χ0v) is 21.1. The number of nitrogens with one attached hydrogen (secondary N) is 1. The van der Waals surface area contributed by atoms with Gasteiger partial charge in [0.25, 0.3) is 5.91 Å². The third-order valence-electron chi connectivity index (χ3n) is 5.71. The number of hydrazone groups is 1. The molecule has 0 fully saturated rings. The lowest BCUT2D eigenvalue weighted by molar-refractivity contribution is -0.118. The molecule has 0 atom stereocenters. The molecule has 0 saturated heterocycles. The molecule has 0 aliphatic carbocycles. The first-order valence-corrected chi connectivity index (χ1v) is 12.5. The number of phenolic OH excluding ortho intramolecular Hbond substituents is 1. The van der Waals surface area contributed by atoms with Crippen molar-refractivity contribution in [2.45, 2.75) is 44.8 Å². The van der Waals surface area contributed by atoms with Crippen LogP contribution in [0.4, 0.5) is 0 Å². The van der Waals surface area contributed by atoms with Crippen molar-refractivity contribution in [2.24, 2.45) is 5.10 Å². The number of carbonyl (C=O) groups excluding carboxylic acids is 1. The molecule has 4 aromatic rings. The predicted molar refractivity (Wildman–Crippen MR) is 142 cm³/mol. The molecule has 0 radical (unpaired) electrons. The molecule has 0 bridgehead atoms. The summed E-state index contributed by atoms with van der Waals surface area (Å²) < 4.78 is 2.00. The minimum atomic E-state index is -0.271. The minimum absolute atomic E-state index is 0.0835. The third kappa shape index (κ3) is 5.54. The summed E-state index contributed by atoms with van der Waals surface area (Å²) in [6.45, 7) is 9.27. The van der Waals surface area contributed by atoms with Crippen molar-refractivity contribution < 1.29 is 9.90 Å². The predicted octanol–water partition coefficient (Wildman–Crippen LogP) is 5.36. The molecular weight excluding hydrogens is 458 g/mol. The highest BCUT2D eigenvalue weighted by atomic mass is 32.2. The van der Waals surface area contributed by atoms with Crippen LogP contribution in [0.2, 0.25) is 0 Å². The van der Waals surface area contributed by atoms with Gasteiger partial charge in [0, 0.05) is 17.7 Å². The Morgan fingerprint density at radius 3 is 2.54 bits per heavy atom. The Balaban J connectivity index is 1.41. The highest BCUT2D eigenvalue weighted by molar-refractivity contribution is 7.99. The summed E-state index contributed by atoms with van der Waals surface area (Å²) in [6.07, 6.45) is 1.47. The summed E-state index contributed by atoms with van der Waals surface area (Å²) in [4.78, 5) is 12.4. The van der Waals surface area contributed by atoms with E-state index in [0.29, 0.717) is 17.3 Å². The molecule has 0 aliphatic rings. The van der Waals surface area contributed by atoms with Gasteiger partial charge in [-0.15, -0.1) is 10.2 Å². The Bertz CT molecular complexity index is 1370. The van der Waals surface area contributed by atoms with E-state index in [0.717, 1.165) is 22.2 Å². The number of amides is 1. The number of hydrogen-bond acceptors (Lipinski definition) is 6. The molecule has 3 aromatic carbocycles. The van der Waals surface area contributed by atoms with Crippen LogP contribution in [-0.2, 0) is 16.8 Å². The van der Waals surface area contributed by atoms with Crippen LogP contribution in [0, 0.1) is 0 Å². The Kier molecular flexibility index (Phi) is 7.21. The van der Waals surface area contributed by atoms with Crippen molar-refractivity contribution in [3.8, 4) is 17.1 Å². The van der Waals surface area contributed by atoms with Crippen LogP contribution in [0.3, 0.4) is 0 Å². The SMILES string of the molecule is CCn1c(SCC(=O)N/N=C/c2c(O)ccc3ccccc23)nnc1-c1ccc(C(C)(C)C)cc1. The molecule has 7 nitrogen and oxygen atoms in total. The number of benzene rings is 3. The molecule has 1 amide bonds. The molecule has 180 valence electrons. The van der Waals surface area contributed by atoms with Crippen LogP contribution < -0.4 is 5.43 Å². The van der Waals surface area contributed by atoms with E-state index in [4.69, 9.17) is 0 Å². The van der Waals surface area contributed by atoms with E-state index in [-0.39, 0.29) is 22.8 Å². The van der Waals surface area contributed by atoms with Crippen molar-refractivity contribution in [3.63, 3.8) is 0 Å². The van der Waals surface area contributed by atoms with Crippen molar-refractivity contribution in [1.29, 1.82) is 0 Å². The first-order chi connectivity index (χ1) is 16.8. The van der Waals surface area contributed by atoms with E-state index >= 15 is 0 Å². The minimum Gasteiger partial charge on any atom is -0.507 e. The summed E-state index contributed by atoms with van der Waals surface area (Å²) in [6, 6.07) is 19.5. The molecule has 0 unspecified atom stereocenters. The van der Waals surface area contributed by atoms with Crippen LogP contribution in [0.1, 0.15) is 38.8 Å². The highest BCUT2D eigenvalue weighted by Gasteiger charge is 2.17. The molecule has 35 heavy (non-hydrogen) atoms. The molecule has 0 spiro atoms. The normalized spacial score (nSPS) is 11.9. The molecule has 1 aromatic heterocycles. The Morgan fingerprint density at radius 1 is 1.09 bits per heavy atom. The fraction of sp³-hybridized carbons (Fsp3) is 0.259. The molecular formula is C27H29N5O2S. The number of aromatic hydroxyl groups is 1. The lowest BCUT2D eigenvalue weighted by Gasteiger charge is -2.19. The molecule has 4 rings (SSSR count). The monoisotopic (exact) mass is 487 g/mol. The van der Waals surface area contributed by atoms with Crippen molar-refractivity contribution >= 4 is 34.7 Å². The van der Waals surface area contributed by atoms with Gasteiger partial charge in [-0.05, 0) is 34.7 Å². The first-order valence-electron chi connectivity index (χ1n) is 11.5. The third-order valence-corrected chi connectivity index (χ3v) is 6.67. The van der Waals surface area contributed by atoms with Crippen molar-refractivity contribution in [1.82, 2.24) is 20.2 Å². The summed E-state index contributed by atoms with van der Waals surface area (Å²) in [5, 5.41) is 25.4. The highest BCUT2D eigenvalue weighted by Crippen LogP contribution is 2.28. The van der Waals surface area contributed by atoms with E-state index in [1.807, 2.05) is 41.8 Å². The maximum absolute atomic E-state index is 12.4. The van der Waals surface area contributed by atoms with E-state index in [9.17, 15) is 9.90 Å². The number of thioether (sulfide) groups is 1. The fourth-order valence-electron chi connectivity index (χ4n) is 3.76. The number of fused-ring (bicyclic) bond motifs is 1. The van der Waals surface area contributed by atoms with Crippen LogP contribution in [-0.4, -0.2) is 37.7 Å². The second kappa shape index (κ2) is 10.3. The second-order valence-electron chi connectivity index (χ2n) is 9.18. The van der Waals surface area contributed by atoms with Gasteiger partial charge in [-0.1, -0.05) is 87.1 Å². The van der Waals surface area contributed by atoms with E-state index < -0.39 is 0 Å². The lowest BCUT2D eigenvalue weighted by atomic mass is 9.87. The van der Waals surface area contributed by atoms with Gasteiger partial charge in [0.1, 0.15) is 5.75 Å². The zero-order chi connectivity index (χ0) is 25.0. The average molecular weight is 488 g/mol. The van der Waals surface area contributed by atoms with E-state index in [2.05, 4.69) is 65.8 Å². The molecule has 1 heterocycles. The Morgan fingerprint density at radius 2 is 1.83 bits per heavy atom. The maximum Gasteiger partial charge on any atom is 0.250 e. The van der Waals surface area contributed by atoms with Crippen molar-refractivity contribution in [2.75, 3.05) is 5.75 Å². The molecule has 8 heteroatoms.